The quantitative estimate of drug-likeness (QED) is 0.197. The molecule has 0 aromatic heterocycles. The second kappa shape index (κ2) is 11.2. The van der Waals surface area contributed by atoms with Crippen molar-refractivity contribution in [2.24, 2.45) is 5.16 Å². The van der Waals surface area contributed by atoms with Gasteiger partial charge >= 0.3 is 6.18 Å². The van der Waals surface area contributed by atoms with E-state index in [0.717, 1.165) is 30.5 Å². The molecule has 0 saturated heterocycles. The van der Waals surface area contributed by atoms with Crippen molar-refractivity contribution in [1.29, 1.82) is 0 Å². The Hall–Kier alpha value is -3.61. The van der Waals surface area contributed by atoms with Crippen molar-refractivity contribution in [3.8, 4) is 5.75 Å². The fourth-order valence-electron chi connectivity index (χ4n) is 3.96. The summed E-state index contributed by atoms with van der Waals surface area (Å²) in [6.07, 6.45) is 2.24. The van der Waals surface area contributed by atoms with Gasteiger partial charge in [-0.15, -0.1) is 0 Å². The van der Waals surface area contributed by atoms with Crippen LogP contribution in [0.5, 0.6) is 5.75 Å². The van der Waals surface area contributed by atoms with Crippen LogP contribution in [-0.4, -0.2) is 18.6 Å². The summed E-state index contributed by atoms with van der Waals surface area (Å²) >= 11 is 0. The number of fused-ring (bicyclic) bond motifs is 1. The van der Waals surface area contributed by atoms with Gasteiger partial charge in [-0.1, -0.05) is 41.6 Å². The van der Waals surface area contributed by atoms with Crippen molar-refractivity contribution in [3.05, 3.63) is 100 Å². The third kappa shape index (κ3) is 6.94. The maximum Gasteiger partial charge on any atom is 0.416 e. The zero-order valence-electron chi connectivity index (χ0n) is 19.2. The van der Waals surface area contributed by atoms with Crippen LogP contribution >= 0.6 is 0 Å². The van der Waals surface area contributed by atoms with E-state index in [1.54, 1.807) is 18.3 Å². The minimum absolute atomic E-state index is 0.0165. The van der Waals surface area contributed by atoms with Gasteiger partial charge in [0.05, 0.1) is 5.56 Å². The molecule has 0 bridgehead atoms. The summed E-state index contributed by atoms with van der Waals surface area (Å²) < 4.78 is 43.4. The van der Waals surface area contributed by atoms with Gasteiger partial charge in [0, 0.05) is 18.2 Å². The van der Waals surface area contributed by atoms with Crippen LogP contribution in [0.2, 0.25) is 0 Å². The maximum absolute atomic E-state index is 12.6. The molecule has 0 aliphatic heterocycles. The molecule has 3 aromatic rings. The maximum atomic E-state index is 12.6. The highest BCUT2D eigenvalue weighted by molar-refractivity contribution is 5.97. The Morgan fingerprint density at radius 1 is 0.886 bits per heavy atom. The second-order valence-electron chi connectivity index (χ2n) is 8.51. The number of benzene rings is 3. The van der Waals surface area contributed by atoms with E-state index >= 15 is 0 Å². The Bertz CT molecular complexity index is 1170. The molecule has 3 aromatic carbocycles. The lowest BCUT2D eigenvalue weighted by Gasteiger charge is -2.16. The minimum Gasteiger partial charge on any atom is -0.485 e. The van der Waals surface area contributed by atoms with E-state index in [9.17, 15) is 18.0 Å². The first-order chi connectivity index (χ1) is 16.9. The molecule has 0 heterocycles. The molecule has 0 N–H and O–H groups in total. The van der Waals surface area contributed by atoms with Gasteiger partial charge in [-0.05, 0) is 78.3 Å². The lowest BCUT2D eigenvalue weighted by atomic mass is 9.90. The molecule has 182 valence electrons. The van der Waals surface area contributed by atoms with Crippen molar-refractivity contribution in [2.45, 2.75) is 44.9 Å². The number of hydrogen-bond donors (Lipinski definition) is 0. The van der Waals surface area contributed by atoms with Crippen LogP contribution in [0.15, 0.2) is 71.9 Å². The summed E-state index contributed by atoms with van der Waals surface area (Å²) in [5.74, 6) is 0.565. The Morgan fingerprint density at radius 2 is 1.57 bits per heavy atom. The molecule has 0 atom stereocenters. The average molecular weight is 482 g/mol. The van der Waals surface area contributed by atoms with E-state index < -0.39 is 11.7 Å². The number of hydrogen-bond acceptors (Lipinski definition) is 4. The fraction of sp³-hybridized carbons (Fsp3) is 0.286. The van der Waals surface area contributed by atoms with Crippen molar-refractivity contribution in [2.75, 3.05) is 6.61 Å². The number of nitrogens with zero attached hydrogens (tertiary/aromatic N) is 1. The number of ketones is 1. The van der Waals surface area contributed by atoms with Crippen LogP contribution in [-0.2, 0) is 36.9 Å². The van der Waals surface area contributed by atoms with Crippen LogP contribution in [0.4, 0.5) is 13.2 Å². The Balaban J connectivity index is 1.19. The van der Waals surface area contributed by atoms with E-state index in [1.165, 1.54) is 36.1 Å². The van der Waals surface area contributed by atoms with E-state index in [2.05, 4.69) is 11.2 Å². The highest BCUT2D eigenvalue weighted by Crippen LogP contribution is 2.29. The highest BCUT2D eigenvalue weighted by Gasteiger charge is 2.29. The van der Waals surface area contributed by atoms with Gasteiger partial charge in [0.2, 0.25) is 0 Å². The molecule has 0 spiro atoms. The van der Waals surface area contributed by atoms with Gasteiger partial charge < -0.3 is 9.57 Å². The van der Waals surface area contributed by atoms with Gasteiger partial charge in [0.25, 0.3) is 0 Å². The number of rotatable bonds is 9. The molecule has 1 aliphatic carbocycles. The summed E-state index contributed by atoms with van der Waals surface area (Å²) in [5, 5.41) is 3.86. The summed E-state index contributed by atoms with van der Waals surface area (Å²) in [6.45, 7) is 0.0665. The summed E-state index contributed by atoms with van der Waals surface area (Å²) in [7, 11) is 0. The van der Waals surface area contributed by atoms with Crippen LogP contribution < -0.4 is 4.74 Å². The van der Waals surface area contributed by atoms with E-state index in [-0.39, 0.29) is 19.0 Å². The molecule has 0 saturated carbocycles. The van der Waals surface area contributed by atoms with Crippen molar-refractivity contribution in [3.63, 3.8) is 0 Å². The Kier molecular flexibility index (Phi) is 7.85. The first-order valence-corrected chi connectivity index (χ1v) is 11.6. The van der Waals surface area contributed by atoms with Crippen LogP contribution in [0.3, 0.4) is 0 Å². The predicted octanol–water partition coefficient (Wildman–Crippen LogP) is 6.59. The van der Waals surface area contributed by atoms with Crippen LogP contribution in [0.1, 0.15) is 51.0 Å². The number of carbonyl (C=O) groups excluding carboxylic acids is 1. The molecule has 0 fully saturated rings. The minimum atomic E-state index is -4.35. The first-order valence-electron chi connectivity index (χ1n) is 11.6. The smallest absolute Gasteiger partial charge is 0.416 e. The molecular formula is C28H26F3NO3. The number of aryl methyl sites for hydroxylation is 2. The fourth-order valence-corrected chi connectivity index (χ4v) is 3.96. The third-order valence-electron chi connectivity index (χ3n) is 5.95. The van der Waals surface area contributed by atoms with Crippen molar-refractivity contribution >= 4 is 12.0 Å². The summed E-state index contributed by atoms with van der Waals surface area (Å²) in [4.78, 5) is 17.7. The lowest BCUT2D eigenvalue weighted by molar-refractivity contribution is -0.137. The van der Waals surface area contributed by atoms with Gasteiger partial charge in [0.1, 0.15) is 12.4 Å². The van der Waals surface area contributed by atoms with E-state index in [0.29, 0.717) is 23.3 Å². The molecule has 1 aliphatic rings. The number of halogens is 3. The zero-order valence-corrected chi connectivity index (χ0v) is 19.2. The zero-order chi connectivity index (χ0) is 24.7. The van der Waals surface area contributed by atoms with E-state index in [4.69, 9.17) is 9.57 Å². The number of oxime groups is 1. The van der Waals surface area contributed by atoms with Gasteiger partial charge in [-0.25, -0.2) is 0 Å². The van der Waals surface area contributed by atoms with Gasteiger partial charge in [-0.3, -0.25) is 4.79 Å². The summed E-state index contributed by atoms with van der Waals surface area (Å²) in [5.41, 5.74) is 4.19. The van der Waals surface area contributed by atoms with Crippen molar-refractivity contribution in [1.82, 2.24) is 0 Å². The average Bonchev–Trinajstić information content (AvgIpc) is 2.87. The molecule has 0 amide bonds. The number of carbonyl (C=O) groups is 1. The largest absolute Gasteiger partial charge is 0.485 e. The normalized spacial score (nSPS) is 13.5. The molecule has 4 rings (SSSR count). The predicted molar refractivity (Wildman–Crippen MR) is 128 cm³/mol. The van der Waals surface area contributed by atoms with Crippen molar-refractivity contribution < 1.29 is 27.5 Å². The molecular weight excluding hydrogens is 455 g/mol. The van der Waals surface area contributed by atoms with Gasteiger partial charge in [-0.2, -0.15) is 13.2 Å². The monoisotopic (exact) mass is 481 g/mol. The van der Waals surface area contributed by atoms with E-state index in [1.807, 2.05) is 24.3 Å². The molecule has 0 unspecified atom stereocenters. The Labute approximate surface area is 202 Å². The third-order valence-corrected chi connectivity index (χ3v) is 5.95. The molecule has 4 nitrogen and oxygen atoms in total. The summed E-state index contributed by atoms with van der Waals surface area (Å²) in [6, 6.07) is 18.1. The highest BCUT2D eigenvalue weighted by atomic mass is 19.4. The van der Waals surface area contributed by atoms with Crippen LogP contribution in [0, 0.1) is 0 Å². The standard InChI is InChI=1S/C28H26F3NO3/c29-28(30,31)25-11-5-21(6-12-25)18-35-32-16-15-20-7-13-26(14-8-20)34-19-27(33)24-10-9-22-3-1-2-4-23(22)17-24/h5-14,16-17H,1-4,15,18-19H2. The van der Waals surface area contributed by atoms with Crippen LogP contribution in [0.25, 0.3) is 0 Å². The molecule has 0 radical (unpaired) electrons. The van der Waals surface area contributed by atoms with Gasteiger partial charge in [0.15, 0.2) is 12.4 Å². The Morgan fingerprint density at radius 3 is 2.29 bits per heavy atom. The number of alkyl halides is 3. The molecule has 7 heteroatoms. The number of Topliss-reactive ketones (excluding diaryl/α,β-unsaturated/α-hetero) is 1. The first kappa shape index (κ1) is 24.5. The molecule has 35 heavy (non-hydrogen) atoms. The topological polar surface area (TPSA) is 47.9 Å². The SMILES string of the molecule is O=C(COc1ccc(CC=NOCc2ccc(C(F)(F)F)cc2)cc1)c1ccc2c(c1)CCCC2. The lowest BCUT2D eigenvalue weighted by Crippen LogP contribution is -2.13. The number of ether oxygens (including phenoxy) is 1. The second-order valence-corrected chi connectivity index (χ2v) is 8.51.